The van der Waals surface area contributed by atoms with Gasteiger partial charge in [-0.3, -0.25) is 0 Å². The summed E-state index contributed by atoms with van der Waals surface area (Å²) in [6.07, 6.45) is 0. The van der Waals surface area contributed by atoms with Crippen LogP contribution < -0.4 is 10.2 Å². The molecule has 1 heterocycles. The van der Waals surface area contributed by atoms with Crippen LogP contribution in [0.25, 0.3) is 0 Å². The molecule has 0 atom stereocenters. The first-order valence-corrected chi connectivity index (χ1v) is 6.40. The van der Waals surface area contributed by atoms with E-state index in [2.05, 4.69) is 15.3 Å². The average Bonchev–Trinajstić information content (AvgIpc) is 2.38. The van der Waals surface area contributed by atoms with E-state index in [1.807, 2.05) is 38.8 Å². The number of ether oxygens (including phenoxy) is 1. The zero-order chi connectivity index (χ0) is 14.5. The van der Waals surface area contributed by atoms with E-state index < -0.39 is 0 Å². The van der Waals surface area contributed by atoms with E-state index >= 15 is 0 Å². The number of hydrogen-bond donors (Lipinski definition) is 2. The van der Waals surface area contributed by atoms with Crippen molar-refractivity contribution in [3.05, 3.63) is 11.9 Å². The van der Waals surface area contributed by atoms with Gasteiger partial charge in [-0.15, -0.1) is 0 Å². The molecule has 0 saturated carbocycles. The molecule has 19 heavy (non-hydrogen) atoms. The van der Waals surface area contributed by atoms with Gasteiger partial charge in [-0.1, -0.05) is 0 Å². The number of aliphatic hydroxyl groups excluding tert-OH is 1. The minimum Gasteiger partial charge on any atom is -0.394 e. The van der Waals surface area contributed by atoms with E-state index in [1.54, 1.807) is 7.11 Å². The molecule has 0 spiro atoms. The molecule has 0 saturated heterocycles. The van der Waals surface area contributed by atoms with E-state index in [1.165, 1.54) is 0 Å². The maximum atomic E-state index is 9.45. The number of methoxy groups -OCH3 is 1. The lowest BCUT2D eigenvalue weighted by Crippen LogP contribution is -2.45. The summed E-state index contributed by atoms with van der Waals surface area (Å²) in [4.78, 5) is 10.8. The summed E-state index contributed by atoms with van der Waals surface area (Å²) in [7, 11) is 3.52. The Balaban J connectivity index is 3.11. The lowest BCUT2D eigenvalue weighted by atomic mass is 10.1. The molecule has 108 valence electrons. The monoisotopic (exact) mass is 268 g/mol. The summed E-state index contributed by atoms with van der Waals surface area (Å²) in [5, 5.41) is 12.6. The molecule has 0 aromatic carbocycles. The van der Waals surface area contributed by atoms with Crippen molar-refractivity contribution in [1.29, 1.82) is 0 Å². The molecule has 6 heteroatoms. The van der Waals surface area contributed by atoms with Gasteiger partial charge in [-0.25, -0.2) is 9.97 Å². The van der Waals surface area contributed by atoms with Gasteiger partial charge in [0, 0.05) is 26.8 Å². The molecular weight excluding hydrogens is 244 g/mol. The second kappa shape index (κ2) is 6.68. The van der Waals surface area contributed by atoms with E-state index in [0.29, 0.717) is 12.4 Å². The lowest BCUT2D eigenvalue weighted by Gasteiger charge is -2.35. The molecule has 0 radical (unpaired) electrons. The van der Waals surface area contributed by atoms with Crippen LogP contribution in [0.1, 0.15) is 26.6 Å². The Morgan fingerprint density at radius 1 is 1.42 bits per heavy atom. The maximum Gasteiger partial charge on any atom is 0.158 e. The summed E-state index contributed by atoms with van der Waals surface area (Å²) in [5.74, 6) is 2.15. The number of rotatable bonds is 7. The van der Waals surface area contributed by atoms with Crippen molar-refractivity contribution < 1.29 is 9.84 Å². The van der Waals surface area contributed by atoms with Gasteiger partial charge < -0.3 is 20.1 Å². The Hall–Kier alpha value is -1.40. The van der Waals surface area contributed by atoms with E-state index in [0.717, 1.165) is 18.2 Å². The van der Waals surface area contributed by atoms with Crippen LogP contribution in [0.4, 0.5) is 11.6 Å². The number of aromatic nitrogens is 2. The van der Waals surface area contributed by atoms with Crippen molar-refractivity contribution >= 4 is 11.6 Å². The predicted octanol–water partition coefficient (Wildman–Crippen LogP) is 1.26. The smallest absolute Gasteiger partial charge is 0.158 e. The third-order valence-corrected chi connectivity index (χ3v) is 3.03. The van der Waals surface area contributed by atoms with Gasteiger partial charge in [-0.2, -0.15) is 0 Å². The summed E-state index contributed by atoms with van der Waals surface area (Å²) in [5.41, 5.74) is -0.387. The molecule has 0 aliphatic carbocycles. The maximum absolute atomic E-state index is 9.45. The van der Waals surface area contributed by atoms with Gasteiger partial charge in [0.25, 0.3) is 0 Å². The molecule has 0 fully saturated rings. The number of hydrogen-bond acceptors (Lipinski definition) is 6. The van der Waals surface area contributed by atoms with E-state index in [9.17, 15) is 5.11 Å². The standard InChI is InChI=1S/C13H24N4O2/c1-6-14-10-7-12(16-11(15-10)8-19-5)17(4)13(2,3)9-18/h7,18H,6,8-9H2,1-5H3,(H,14,15,16). The molecule has 0 aliphatic heterocycles. The highest BCUT2D eigenvalue weighted by molar-refractivity contribution is 5.50. The molecule has 2 N–H and O–H groups in total. The van der Waals surface area contributed by atoms with Crippen LogP contribution in [-0.4, -0.2) is 47.9 Å². The number of likely N-dealkylation sites (N-methyl/N-ethyl adjacent to an activating group) is 1. The van der Waals surface area contributed by atoms with E-state index in [4.69, 9.17) is 4.74 Å². The van der Waals surface area contributed by atoms with Crippen LogP contribution in [0.5, 0.6) is 0 Å². The van der Waals surface area contributed by atoms with Crippen molar-refractivity contribution in [3.63, 3.8) is 0 Å². The minimum absolute atomic E-state index is 0.0453. The van der Waals surface area contributed by atoms with Crippen LogP contribution >= 0.6 is 0 Å². The van der Waals surface area contributed by atoms with Crippen molar-refractivity contribution in [1.82, 2.24) is 9.97 Å². The van der Waals surface area contributed by atoms with Crippen LogP contribution in [0.15, 0.2) is 6.07 Å². The topological polar surface area (TPSA) is 70.5 Å². The Bertz CT molecular complexity index is 385. The molecule has 1 rings (SSSR count). The second-order valence-corrected chi connectivity index (χ2v) is 5.02. The fraction of sp³-hybridized carbons (Fsp3) is 0.692. The molecule has 1 aromatic heterocycles. The molecule has 0 amide bonds. The molecule has 0 unspecified atom stereocenters. The fourth-order valence-electron chi connectivity index (χ4n) is 1.54. The highest BCUT2D eigenvalue weighted by Crippen LogP contribution is 2.22. The first kappa shape index (κ1) is 15.7. The average molecular weight is 268 g/mol. The zero-order valence-electron chi connectivity index (χ0n) is 12.4. The SMILES string of the molecule is CCNc1cc(N(C)C(C)(C)CO)nc(COC)n1. The zero-order valence-corrected chi connectivity index (χ0v) is 12.4. The van der Waals surface area contributed by atoms with Gasteiger partial charge in [0.2, 0.25) is 0 Å². The quantitative estimate of drug-likeness (QED) is 0.776. The Morgan fingerprint density at radius 2 is 2.11 bits per heavy atom. The summed E-state index contributed by atoms with van der Waals surface area (Å²) >= 11 is 0. The Morgan fingerprint density at radius 3 is 2.63 bits per heavy atom. The van der Waals surface area contributed by atoms with Crippen molar-refractivity contribution in [2.75, 3.05) is 37.5 Å². The largest absolute Gasteiger partial charge is 0.394 e. The highest BCUT2D eigenvalue weighted by atomic mass is 16.5. The van der Waals surface area contributed by atoms with Gasteiger partial charge in [-0.05, 0) is 20.8 Å². The third-order valence-electron chi connectivity index (χ3n) is 3.03. The van der Waals surface area contributed by atoms with Crippen molar-refractivity contribution in [2.45, 2.75) is 32.9 Å². The normalized spacial score (nSPS) is 11.5. The molecule has 6 nitrogen and oxygen atoms in total. The van der Waals surface area contributed by atoms with Crippen LogP contribution in [0.2, 0.25) is 0 Å². The second-order valence-electron chi connectivity index (χ2n) is 5.02. The number of anilines is 2. The molecule has 0 aliphatic rings. The third kappa shape index (κ3) is 4.04. The fourth-order valence-corrected chi connectivity index (χ4v) is 1.54. The van der Waals surface area contributed by atoms with Gasteiger partial charge in [0.05, 0.1) is 12.1 Å². The van der Waals surface area contributed by atoms with Gasteiger partial charge in [0.1, 0.15) is 18.2 Å². The Labute approximate surface area is 114 Å². The first-order chi connectivity index (χ1) is 8.94. The highest BCUT2D eigenvalue weighted by Gasteiger charge is 2.24. The number of nitrogens with zero attached hydrogens (tertiary/aromatic N) is 3. The molecule has 1 aromatic rings. The van der Waals surface area contributed by atoms with Gasteiger partial charge in [0.15, 0.2) is 5.82 Å². The molecule has 0 bridgehead atoms. The summed E-state index contributed by atoms with van der Waals surface area (Å²) in [6.45, 7) is 7.12. The number of nitrogens with one attached hydrogen (secondary N) is 1. The van der Waals surface area contributed by atoms with Crippen molar-refractivity contribution in [2.24, 2.45) is 0 Å². The lowest BCUT2D eigenvalue weighted by molar-refractivity contribution is 0.177. The van der Waals surface area contributed by atoms with Crippen LogP contribution in [0.3, 0.4) is 0 Å². The van der Waals surface area contributed by atoms with Crippen LogP contribution in [0, 0.1) is 0 Å². The number of aliphatic hydroxyl groups is 1. The summed E-state index contributed by atoms with van der Waals surface area (Å²) in [6, 6.07) is 1.88. The Kier molecular flexibility index (Phi) is 5.50. The van der Waals surface area contributed by atoms with Crippen LogP contribution in [-0.2, 0) is 11.3 Å². The van der Waals surface area contributed by atoms with E-state index in [-0.39, 0.29) is 12.1 Å². The van der Waals surface area contributed by atoms with Gasteiger partial charge >= 0.3 is 0 Å². The minimum atomic E-state index is -0.387. The van der Waals surface area contributed by atoms with Crippen molar-refractivity contribution in [3.8, 4) is 0 Å². The molecular formula is C13H24N4O2. The summed E-state index contributed by atoms with van der Waals surface area (Å²) < 4.78 is 5.09. The first-order valence-electron chi connectivity index (χ1n) is 6.40. The predicted molar refractivity (Wildman–Crippen MR) is 76.5 cm³/mol.